The van der Waals surface area contributed by atoms with Gasteiger partial charge in [0.2, 0.25) is 0 Å². The second-order valence-corrected chi connectivity index (χ2v) is 12.1. The normalized spacial score (nSPS) is 29.3. The number of rotatable bonds is 4. The number of aliphatic carboxylic acids is 1. The molecule has 0 radical (unpaired) electrons. The first-order chi connectivity index (χ1) is 8.51. The fraction of sp³-hybridized carbons (Fsp3) is 0.929. The van der Waals surface area contributed by atoms with E-state index in [2.05, 4.69) is 33.9 Å². The van der Waals surface area contributed by atoms with Crippen LogP contribution in [0.5, 0.6) is 0 Å². The summed E-state index contributed by atoms with van der Waals surface area (Å²) in [5, 5.41) is 18.9. The Morgan fingerprint density at radius 1 is 1.26 bits per heavy atom. The minimum Gasteiger partial charge on any atom is -0.481 e. The van der Waals surface area contributed by atoms with E-state index < -0.39 is 20.4 Å². The quantitative estimate of drug-likeness (QED) is 0.780. The Kier molecular flexibility index (Phi) is 5.20. The number of aliphatic hydroxyl groups excluding tert-OH is 1. The van der Waals surface area contributed by atoms with Gasteiger partial charge in [0.05, 0.1) is 6.10 Å². The van der Waals surface area contributed by atoms with Gasteiger partial charge < -0.3 is 14.6 Å². The van der Waals surface area contributed by atoms with Crippen LogP contribution in [0.25, 0.3) is 0 Å². The Bertz CT molecular complexity index is 322. The van der Waals surface area contributed by atoms with Gasteiger partial charge >= 0.3 is 5.97 Å². The van der Waals surface area contributed by atoms with Crippen LogP contribution in [0.2, 0.25) is 18.1 Å². The zero-order chi connectivity index (χ0) is 14.8. The average molecular weight is 288 g/mol. The molecule has 0 spiro atoms. The van der Waals surface area contributed by atoms with Gasteiger partial charge in [-0.2, -0.15) is 0 Å². The summed E-state index contributed by atoms with van der Waals surface area (Å²) in [5.41, 5.74) is 0. The van der Waals surface area contributed by atoms with E-state index in [0.717, 1.165) is 6.42 Å². The van der Waals surface area contributed by atoms with Gasteiger partial charge in [-0.15, -0.1) is 0 Å². The van der Waals surface area contributed by atoms with Crippen LogP contribution in [0.4, 0.5) is 0 Å². The molecule has 0 bridgehead atoms. The molecule has 5 heteroatoms. The molecular weight excluding hydrogens is 260 g/mol. The standard InChI is InChI=1S/C14H28O4Si/c1-14(2,3)19(4,5)18-12-7-10(8-13(16)17)6-11(15)9-12/h10-12,15H,6-9H2,1-5H3,(H,16,17)/t10-,11+,12+/m0/s1. The van der Waals surface area contributed by atoms with Crippen LogP contribution in [-0.4, -0.2) is 36.7 Å². The van der Waals surface area contributed by atoms with Gasteiger partial charge in [0.15, 0.2) is 8.32 Å². The molecule has 0 aromatic rings. The van der Waals surface area contributed by atoms with E-state index in [0.29, 0.717) is 12.8 Å². The summed E-state index contributed by atoms with van der Waals surface area (Å²) >= 11 is 0. The first-order valence-corrected chi connectivity index (χ1v) is 10.00. The monoisotopic (exact) mass is 288 g/mol. The third-order valence-electron chi connectivity index (χ3n) is 4.47. The number of hydrogen-bond acceptors (Lipinski definition) is 3. The van der Waals surface area contributed by atoms with E-state index in [9.17, 15) is 9.90 Å². The van der Waals surface area contributed by atoms with Crippen molar-refractivity contribution in [2.45, 2.75) is 76.8 Å². The Labute approximate surface area is 117 Å². The summed E-state index contributed by atoms with van der Waals surface area (Å²) in [7, 11) is -1.85. The summed E-state index contributed by atoms with van der Waals surface area (Å²) in [6, 6.07) is 0. The van der Waals surface area contributed by atoms with Crippen LogP contribution in [0.3, 0.4) is 0 Å². The first-order valence-electron chi connectivity index (χ1n) is 7.09. The lowest BCUT2D eigenvalue weighted by atomic mass is 9.83. The molecular formula is C14H28O4Si. The molecule has 1 rings (SSSR count). The molecule has 0 heterocycles. The minimum atomic E-state index is -1.85. The maximum absolute atomic E-state index is 10.8. The van der Waals surface area contributed by atoms with E-state index >= 15 is 0 Å². The van der Waals surface area contributed by atoms with E-state index in [1.165, 1.54) is 0 Å². The van der Waals surface area contributed by atoms with Crippen LogP contribution in [0.1, 0.15) is 46.5 Å². The van der Waals surface area contributed by atoms with Crippen molar-refractivity contribution in [2.75, 3.05) is 0 Å². The Balaban J connectivity index is 2.65. The van der Waals surface area contributed by atoms with Crippen LogP contribution < -0.4 is 0 Å². The second-order valence-electron chi connectivity index (χ2n) is 7.32. The summed E-state index contributed by atoms with van der Waals surface area (Å²) in [6.45, 7) is 11.0. The van der Waals surface area contributed by atoms with E-state index in [1.54, 1.807) is 0 Å². The lowest BCUT2D eigenvalue weighted by Crippen LogP contribution is -2.46. The van der Waals surface area contributed by atoms with Gasteiger partial charge in [0, 0.05) is 12.5 Å². The summed E-state index contributed by atoms with van der Waals surface area (Å²) in [5.74, 6) is -0.749. The van der Waals surface area contributed by atoms with Gasteiger partial charge in [0.25, 0.3) is 0 Å². The molecule has 0 amide bonds. The highest BCUT2D eigenvalue weighted by Crippen LogP contribution is 2.40. The maximum Gasteiger partial charge on any atom is 0.303 e. The number of carboxylic acid groups (broad SMARTS) is 1. The zero-order valence-electron chi connectivity index (χ0n) is 12.8. The maximum atomic E-state index is 10.8. The Hall–Kier alpha value is -0.393. The van der Waals surface area contributed by atoms with Gasteiger partial charge in [-0.1, -0.05) is 20.8 Å². The van der Waals surface area contributed by atoms with E-state index in [4.69, 9.17) is 9.53 Å². The molecule has 0 aromatic carbocycles. The molecule has 4 nitrogen and oxygen atoms in total. The van der Waals surface area contributed by atoms with Crippen LogP contribution in [0, 0.1) is 5.92 Å². The fourth-order valence-electron chi connectivity index (χ4n) is 2.45. The summed E-state index contributed by atoms with van der Waals surface area (Å²) < 4.78 is 6.31. The van der Waals surface area contributed by atoms with Crippen LogP contribution >= 0.6 is 0 Å². The van der Waals surface area contributed by atoms with Crippen molar-refractivity contribution in [3.63, 3.8) is 0 Å². The molecule has 0 aromatic heterocycles. The highest BCUT2D eigenvalue weighted by atomic mass is 28.4. The molecule has 1 aliphatic rings. The van der Waals surface area contributed by atoms with Crippen LogP contribution in [0.15, 0.2) is 0 Å². The SMILES string of the molecule is CC(C)(C)[Si](C)(C)O[C@H]1C[C@H](O)C[C@H](CC(=O)O)C1. The predicted octanol–water partition coefficient (Wildman–Crippen LogP) is 3.01. The molecule has 1 aliphatic carbocycles. The van der Waals surface area contributed by atoms with E-state index in [1.807, 2.05) is 0 Å². The van der Waals surface area contributed by atoms with E-state index in [-0.39, 0.29) is 23.5 Å². The third kappa shape index (κ3) is 4.89. The summed E-state index contributed by atoms with van der Waals surface area (Å²) in [6.07, 6.45) is 1.71. The van der Waals surface area contributed by atoms with Crippen molar-refractivity contribution in [1.82, 2.24) is 0 Å². The van der Waals surface area contributed by atoms with Crippen molar-refractivity contribution >= 4 is 14.3 Å². The van der Waals surface area contributed by atoms with Crippen molar-refractivity contribution in [3.8, 4) is 0 Å². The topological polar surface area (TPSA) is 66.8 Å². The number of hydrogen-bond donors (Lipinski definition) is 2. The number of carboxylic acids is 1. The third-order valence-corrected chi connectivity index (χ3v) is 9.00. The number of carbonyl (C=O) groups is 1. The molecule has 112 valence electrons. The highest BCUT2D eigenvalue weighted by Gasteiger charge is 2.41. The molecule has 0 aliphatic heterocycles. The largest absolute Gasteiger partial charge is 0.481 e. The number of aliphatic hydroxyl groups is 1. The van der Waals surface area contributed by atoms with Crippen molar-refractivity contribution < 1.29 is 19.4 Å². The van der Waals surface area contributed by atoms with Crippen molar-refractivity contribution in [2.24, 2.45) is 5.92 Å². The van der Waals surface area contributed by atoms with Gasteiger partial charge in [-0.3, -0.25) is 4.79 Å². The van der Waals surface area contributed by atoms with Gasteiger partial charge in [-0.25, -0.2) is 0 Å². The van der Waals surface area contributed by atoms with Gasteiger partial charge in [0.1, 0.15) is 0 Å². The molecule has 0 unspecified atom stereocenters. The zero-order valence-corrected chi connectivity index (χ0v) is 13.8. The predicted molar refractivity (Wildman–Crippen MR) is 77.7 cm³/mol. The molecule has 1 saturated carbocycles. The van der Waals surface area contributed by atoms with Crippen molar-refractivity contribution in [1.29, 1.82) is 0 Å². The Morgan fingerprint density at radius 3 is 2.32 bits per heavy atom. The van der Waals surface area contributed by atoms with Crippen molar-refractivity contribution in [3.05, 3.63) is 0 Å². The average Bonchev–Trinajstić information content (AvgIpc) is 2.11. The van der Waals surface area contributed by atoms with Crippen LogP contribution in [-0.2, 0) is 9.22 Å². The lowest BCUT2D eigenvalue weighted by molar-refractivity contribution is -0.139. The second kappa shape index (κ2) is 5.93. The smallest absolute Gasteiger partial charge is 0.303 e. The molecule has 1 fully saturated rings. The molecule has 2 N–H and O–H groups in total. The minimum absolute atomic E-state index is 0.00833. The Morgan fingerprint density at radius 2 is 1.84 bits per heavy atom. The summed E-state index contributed by atoms with van der Waals surface area (Å²) in [4.78, 5) is 10.8. The first kappa shape index (κ1) is 16.7. The molecule has 19 heavy (non-hydrogen) atoms. The lowest BCUT2D eigenvalue weighted by Gasteiger charge is -2.42. The highest BCUT2D eigenvalue weighted by molar-refractivity contribution is 6.74. The van der Waals surface area contributed by atoms with Gasteiger partial charge in [-0.05, 0) is 43.3 Å². The molecule has 3 atom stereocenters. The molecule has 0 saturated heterocycles. The fourth-order valence-corrected chi connectivity index (χ4v) is 3.83.